The first-order chi connectivity index (χ1) is 17.9. The Kier molecular flexibility index (Phi) is 9.61. The first-order valence-corrected chi connectivity index (χ1v) is 13.6. The van der Waals surface area contributed by atoms with Gasteiger partial charge in [0.2, 0.25) is 23.6 Å². The van der Waals surface area contributed by atoms with Crippen LogP contribution in [-0.4, -0.2) is 63.4 Å². The third-order valence-corrected chi connectivity index (χ3v) is 7.52. The van der Waals surface area contributed by atoms with Crippen molar-refractivity contribution in [3.8, 4) is 10.4 Å². The predicted octanol–water partition coefficient (Wildman–Crippen LogP) is 1.88. The summed E-state index contributed by atoms with van der Waals surface area (Å²) in [7, 11) is 0. The highest BCUT2D eigenvalue weighted by Gasteiger charge is 2.44. The van der Waals surface area contributed by atoms with Crippen LogP contribution in [0.15, 0.2) is 29.8 Å². The Morgan fingerprint density at radius 3 is 2.45 bits per heavy atom. The lowest BCUT2D eigenvalue weighted by molar-refractivity contribution is -0.144. The molecular weight excluding hydrogens is 506 g/mol. The number of hydrogen-bond acceptors (Lipinski definition) is 7. The quantitative estimate of drug-likeness (QED) is 0.359. The van der Waals surface area contributed by atoms with E-state index < -0.39 is 35.4 Å². The summed E-state index contributed by atoms with van der Waals surface area (Å²) in [6.07, 6.45) is -0.315. The molecule has 0 saturated carbocycles. The molecule has 1 fully saturated rings. The van der Waals surface area contributed by atoms with Crippen molar-refractivity contribution in [3.63, 3.8) is 0 Å². The molecule has 0 aliphatic carbocycles. The lowest BCUT2D eigenvalue weighted by atomic mass is 9.85. The molecule has 38 heavy (non-hydrogen) atoms. The van der Waals surface area contributed by atoms with Gasteiger partial charge in [0.05, 0.1) is 22.2 Å². The van der Waals surface area contributed by atoms with Gasteiger partial charge in [-0.3, -0.25) is 19.2 Å². The number of primary amides is 1. The molecule has 0 radical (unpaired) electrons. The molecule has 3 rings (SSSR count). The van der Waals surface area contributed by atoms with Crippen molar-refractivity contribution >= 4 is 35.0 Å². The number of nitrogens with one attached hydrogen (secondary N) is 2. The summed E-state index contributed by atoms with van der Waals surface area (Å²) in [5.74, 6) is -1.66. The summed E-state index contributed by atoms with van der Waals surface area (Å²) < 4.78 is 0. The number of rotatable bonds is 10. The monoisotopic (exact) mass is 543 g/mol. The number of benzene rings is 1. The maximum atomic E-state index is 13.6. The molecule has 3 atom stereocenters. The van der Waals surface area contributed by atoms with Gasteiger partial charge in [0.15, 0.2) is 0 Å². The minimum Gasteiger partial charge on any atom is -0.391 e. The van der Waals surface area contributed by atoms with Gasteiger partial charge in [-0.15, -0.1) is 11.3 Å². The number of carbonyl (C=O) groups excluding carboxylic acids is 4. The number of aliphatic hydroxyl groups is 1. The van der Waals surface area contributed by atoms with Crippen molar-refractivity contribution in [2.45, 2.75) is 78.1 Å². The SMILES string of the molecule is Cc1ncsc1-c1ccc(CNC(=O)[C@@H]2C[C@@H](O)CN2C(=O)[C@@H](NC(=O)CCCC(N)=O)C(C)(C)C)cc1. The van der Waals surface area contributed by atoms with Gasteiger partial charge in [-0.05, 0) is 29.9 Å². The predicted molar refractivity (Wildman–Crippen MR) is 145 cm³/mol. The highest BCUT2D eigenvalue weighted by Crippen LogP contribution is 2.28. The van der Waals surface area contributed by atoms with E-state index in [4.69, 9.17) is 5.73 Å². The molecule has 0 bridgehead atoms. The minimum atomic E-state index is -0.910. The molecule has 4 amide bonds. The molecule has 1 saturated heterocycles. The number of nitrogens with two attached hydrogens (primary N) is 1. The molecule has 1 aromatic heterocycles. The molecule has 2 heterocycles. The molecule has 206 valence electrons. The fourth-order valence-corrected chi connectivity index (χ4v) is 5.25. The average molecular weight is 544 g/mol. The van der Waals surface area contributed by atoms with Gasteiger partial charge in [0, 0.05) is 32.4 Å². The lowest BCUT2D eigenvalue weighted by Crippen LogP contribution is -2.57. The van der Waals surface area contributed by atoms with Gasteiger partial charge < -0.3 is 26.4 Å². The molecule has 1 aromatic carbocycles. The van der Waals surface area contributed by atoms with Crippen LogP contribution in [0.25, 0.3) is 10.4 Å². The number of amides is 4. The highest BCUT2D eigenvalue weighted by atomic mass is 32.1. The zero-order valence-electron chi connectivity index (χ0n) is 22.3. The molecule has 1 aliphatic heterocycles. The van der Waals surface area contributed by atoms with Crippen LogP contribution in [0.2, 0.25) is 0 Å². The first kappa shape index (κ1) is 29.2. The van der Waals surface area contributed by atoms with Crippen LogP contribution < -0.4 is 16.4 Å². The Bertz CT molecular complexity index is 1160. The molecular formula is C27H37N5O5S. The number of likely N-dealkylation sites (tertiary alicyclic amines) is 1. The Labute approximate surface area is 227 Å². The summed E-state index contributed by atoms with van der Waals surface area (Å²) in [4.78, 5) is 56.9. The largest absolute Gasteiger partial charge is 0.391 e. The van der Waals surface area contributed by atoms with Crippen LogP contribution in [-0.2, 0) is 25.7 Å². The second kappa shape index (κ2) is 12.5. The molecule has 0 unspecified atom stereocenters. The molecule has 10 nitrogen and oxygen atoms in total. The normalized spacial score (nSPS) is 18.2. The van der Waals surface area contributed by atoms with E-state index in [1.54, 1.807) is 11.3 Å². The number of thiazole rings is 1. The number of β-amino-alcohol motifs (C(OH)–C–C–N with tert-alkyl or cyclic N) is 1. The van der Waals surface area contributed by atoms with Gasteiger partial charge >= 0.3 is 0 Å². The van der Waals surface area contributed by atoms with Gasteiger partial charge in [0.1, 0.15) is 12.1 Å². The maximum absolute atomic E-state index is 13.6. The van der Waals surface area contributed by atoms with E-state index >= 15 is 0 Å². The van der Waals surface area contributed by atoms with Crippen molar-refractivity contribution in [1.29, 1.82) is 0 Å². The van der Waals surface area contributed by atoms with Crippen molar-refractivity contribution in [1.82, 2.24) is 20.5 Å². The Morgan fingerprint density at radius 2 is 1.87 bits per heavy atom. The molecule has 2 aromatic rings. The van der Waals surface area contributed by atoms with Crippen LogP contribution >= 0.6 is 11.3 Å². The fraction of sp³-hybridized carbons (Fsp3) is 0.519. The maximum Gasteiger partial charge on any atom is 0.246 e. The third-order valence-electron chi connectivity index (χ3n) is 6.54. The summed E-state index contributed by atoms with van der Waals surface area (Å²) in [5.41, 5.74) is 9.22. The number of aromatic nitrogens is 1. The highest BCUT2D eigenvalue weighted by molar-refractivity contribution is 7.13. The van der Waals surface area contributed by atoms with Crippen molar-refractivity contribution in [3.05, 3.63) is 41.0 Å². The second-order valence-corrected chi connectivity index (χ2v) is 11.6. The summed E-state index contributed by atoms with van der Waals surface area (Å²) in [6, 6.07) is 6.07. The smallest absolute Gasteiger partial charge is 0.246 e. The summed E-state index contributed by atoms with van der Waals surface area (Å²) in [5, 5.41) is 16.0. The lowest BCUT2D eigenvalue weighted by Gasteiger charge is -2.35. The van der Waals surface area contributed by atoms with E-state index in [2.05, 4.69) is 15.6 Å². The standard InChI is InChI=1S/C27H37N5O5S/c1-16-23(38-15-30-16)18-10-8-17(9-11-18)13-29-25(36)20-12-19(33)14-32(20)26(37)24(27(2,3)4)31-22(35)7-5-6-21(28)34/h8-11,15,19-20,24,33H,5-7,12-14H2,1-4H3,(H2,28,34)(H,29,36)(H,31,35)/t19-,20+,24-/m1/s1. The summed E-state index contributed by atoms with van der Waals surface area (Å²) in [6.45, 7) is 7.69. The zero-order valence-corrected chi connectivity index (χ0v) is 23.1. The number of aliphatic hydroxyl groups excluding tert-OH is 1. The van der Waals surface area contributed by atoms with Crippen LogP contribution in [0.1, 0.15) is 57.7 Å². The van der Waals surface area contributed by atoms with Crippen LogP contribution in [0.4, 0.5) is 0 Å². The van der Waals surface area contributed by atoms with Crippen molar-refractivity contribution < 1.29 is 24.3 Å². The van der Waals surface area contributed by atoms with Gasteiger partial charge in [0.25, 0.3) is 0 Å². The van der Waals surface area contributed by atoms with E-state index in [0.29, 0.717) is 0 Å². The second-order valence-electron chi connectivity index (χ2n) is 10.8. The number of hydrogen-bond donors (Lipinski definition) is 4. The van der Waals surface area contributed by atoms with Gasteiger partial charge in [-0.2, -0.15) is 0 Å². The molecule has 0 spiro atoms. The number of aryl methyl sites for hydroxylation is 1. The molecule has 11 heteroatoms. The van der Waals surface area contributed by atoms with Gasteiger partial charge in [-0.1, -0.05) is 45.0 Å². The Balaban J connectivity index is 1.64. The van der Waals surface area contributed by atoms with Crippen LogP contribution in [0.5, 0.6) is 0 Å². The molecule has 5 N–H and O–H groups in total. The number of carbonyl (C=O) groups is 4. The van der Waals surface area contributed by atoms with E-state index in [-0.39, 0.29) is 50.6 Å². The van der Waals surface area contributed by atoms with E-state index in [0.717, 1.165) is 21.7 Å². The number of nitrogens with zero attached hydrogens (tertiary/aromatic N) is 2. The fourth-order valence-electron chi connectivity index (χ4n) is 4.44. The Morgan fingerprint density at radius 1 is 1.18 bits per heavy atom. The van der Waals surface area contributed by atoms with Crippen molar-refractivity contribution in [2.75, 3.05) is 6.54 Å². The van der Waals surface area contributed by atoms with Crippen molar-refractivity contribution in [2.24, 2.45) is 11.1 Å². The topological polar surface area (TPSA) is 155 Å². The van der Waals surface area contributed by atoms with E-state index in [1.807, 2.05) is 57.5 Å². The average Bonchev–Trinajstić information content (AvgIpc) is 3.45. The van der Waals surface area contributed by atoms with E-state index in [9.17, 15) is 24.3 Å². The van der Waals surface area contributed by atoms with Crippen LogP contribution in [0.3, 0.4) is 0 Å². The third kappa shape index (κ3) is 7.61. The van der Waals surface area contributed by atoms with E-state index in [1.165, 1.54) is 4.90 Å². The first-order valence-electron chi connectivity index (χ1n) is 12.7. The van der Waals surface area contributed by atoms with Crippen LogP contribution in [0, 0.1) is 12.3 Å². The zero-order chi connectivity index (χ0) is 28.0. The minimum absolute atomic E-state index is 0.00391. The van der Waals surface area contributed by atoms with Gasteiger partial charge in [-0.25, -0.2) is 4.98 Å². The summed E-state index contributed by atoms with van der Waals surface area (Å²) >= 11 is 1.57. The molecule has 1 aliphatic rings. The Hall–Kier alpha value is -3.31.